The minimum atomic E-state index is -0.425. The lowest BCUT2D eigenvalue weighted by Crippen LogP contribution is -2.30. The zero-order chi connectivity index (χ0) is 9.26. The van der Waals surface area contributed by atoms with Crippen LogP contribution in [-0.2, 0) is 0 Å². The summed E-state index contributed by atoms with van der Waals surface area (Å²) in [4.78, 5) is 15.0. The first kappa shape index (κ1) is 7.69. The van der Waals surface area contributed by atoms with E-state index in [-0.39, 0.29) is 5.69 Å². The molecule has 0 fully saturated rings. The maximum Gasteiger partial charge on any atom is 0.285 e. The Morgan fingerprint density at radius 2 is 2.46 bits per heavy atom. The van der Waals surface area contributed by atoms with Gasteiger partial charge in [0.05, 0.1) is 6.20 Å². The van der Waals surface area contributed by atoms with Gasteiger partial charge in [-0.2, -0.15) is 5.10 Å². The smallest absolute Gasteiger partial charge is 0.285 e. The lowest BCUT2D eigenvalue weighted by Gasteiger charge is -1.89. The molecule has 3 N–H and O–H groups in total. The number of imidazole rings is 1. The third-order valence-corrected chi connectivity index (χ3v) is 1.60. The molecule has 2 heterocycles. The number of hydrogen-bond acceptors (Lipinski definition) is 4. The second kappa shape index (κ2) is 2.83. The van der Waals surface area contributed by atoms with Gasteiger partial charge in [0.25, 0.3) is 5.91 Å². The lowest BCUT2D eigenvalue weighted by molar-refractivity contribution is 0.0949. The number of nitrogen functional groups attached to an aromatic ring is 1. The van der Waals surface area contributed by atoms with Crippen molar-refractivity contribution in [3.63, 3.8) is 0 Å². The highest BCUT2D eigenvalue weighted by atomic mass is 16.2. The van der Waals surface area contributed by atoms with Crippen LogP contribution in [0.4, 0.5) is 0 Å². The maximum absolute atomic E-state index is 11.0. The van der Waals surface area contributed by atoms with Crippen molar-refractivity contribution in [2.24, 2.45) is 5.84 Å². The van der Waals surface area contributed by atoms with Crippen molar-refractivity contribution in [1.82, 2.24) is 20.0 Å². The van der Waals surface area contributed by atoms with Gasteiger partial charge >= 0.3 is 0 Å². The van der Waals surface area contributed by atoms with Crippen LogP contribution in [0, 0.1) is 0 Å². The van der Waals surface area contributed by atoms with Gasteiger partial charge in [0.2, 0.25) is 0 Å². The van der Waals surface area contributed by atoms with Crippen molar-refractivity contribution < 1.29 is 4.79 Å². The largest absolute Gasteiger partial charge is 0.289 e. The van der Waals surface area contributed by atoms with Gasteiger partial charge in [0.1, 0.15) is 5.69 Å². The topological polar surface area (TPSA) is 85.3 Å². The molecule has 0 radical (unpaired) electrons. The van der Waals surface area contributed by atoms with Crippen LogP contribution in [0.2, 0.25) is 0 Å². The Balaban J connectivity index is 2.56. The molecule has 6 nitrogen and oxygen atoms in total. The summed E-state index contributed by atoms with van der Waals surface area (Å²) in [6.45, 7) is 0. The van der Waals surface area contributed by atoms with Crippen molar-refractivity contribution in [2.45, 2.75) is 0 Å². The van der Waals surface area contributed by atoms with E-state index in [4.69, 9.17) is 5.84 Å². The molecule has 0 aromatic carbocycles. The zero-order valence-corrected chi connectivity index (χ0v) is 6.64. The SMILES string of the molecule is NNC(=O)c1cn2ncccc2n1. The number of carbonyl (C=O) groups excluding carboxylic acids is 1. The number of fused-ring (bicyclic) bond motifs is 1. The number of rotatable bonds is 1. The number of hydrogen-bond donors (Lipinski definition) is 2. The highest BCUT2D eigenvalue weighted by Gasteiger charge is 2.08. The molecule has 0 spiro atoms. The fourth-order valence-electron chi connectivity index (χ4n) is 1.01. The van der Waals surface area contributed by atoms with Gasteiger partial charge in [-0.15, -0.1) is 0 Å². The highest BCUT2D eigenvalue weighted by Crippen LogP contribution is 2.01. The Kier molecular flexibility index (Phi) is 1.67. The van der Waals surface area contributed by atoms with E-state index in [1.807, 2.05) is 5.43 Å². The molecule has 0 aliphatic carbocycles. The van der Waals surface area contributed by atoms with Crippen molar-refractivity contribution in [1.29, 1.82) is 0 Å². The van der Waals surface area contributed by atoms with E-state index >= 15 is 0 Å². The van der Waals surface area contributed by atoms with Crippen LogP contribution in [0.1, 0.15) is 10.5 Å². The molecule has 2 rings (SSSR count). The normalized spacial score (nSPS) is 10.2. The molecular weight excluding hydrogens is 170 g/mol. The summed E-state index contributed by atoms with van der Waals surface area (Å²) in [5, 5.41) is 3.95. The summed E-state index contributed by atoms with van der Waals surface area (Å²) < 4.78 is 1.50. The van der Waals surface area contributed by atoms with Crippen LogP contribution < -0.4 is 11.3 Å². The molecule has 2 aromatic rings. The number of nitrogens with zero attached hydrogens (tertiary/aromatic N) is 3. The van der Waals surface area contributed by atoms with Gasteiger partial charge in [-0.3, -0.25) is 10.2 Å². The fraction of sp³-hybridized carbons (Fsp3) is 0. The second-order valence-electron chi connectivity index (χ2n) is 2.43. The summed E-state index contributed by atoms with van der Waals surface area (Å²) >= 11 is 0. The van der Waals surface area contributed by atoms with E-state index in [0.29, 0.717) is 5.65 Å². The first-order chi connectivity index (χ1) is 6.31. The summed E-state index contributed by atoms with van der Waals surface area (Å²) in [7, 11) is 0. The van der Waals surface area contributed by atoms with Crippen LogP contribution >= 0.6 is 0 Å². The molecule has 0 aliphatic heterocycles. The molecule has 0 aliphatic rings. The van der Waals surface area contributed by atoms with Crippen LogP contribution in [0.15, 0.2) is 24.5 Å². The number of hydrazine groups is 1. The van der Waals surface area contributed by atoms with Crippen LogP contribution in [0.25, 0.3) is 5.65 Å². The third-order valence-electron chi connectivity index (χ3n) is 1.60. The fourth-order valence-corrected chi connectivity index (χ4v) is 1.01. The van der Waals surface area contributed by atoms with E-state index in [1.165, 1.54) is 10.7 Å². The molecule has 6 heteroatoms. The van der Waals surface area contributed by atoms with Gasteiger partial charge in [-0.25, -0.2) is 15.3 Å². The third kappa shape index (κ3) is 1.23. The standard InChI is InChI=1S/C7H7N5O/c8-11-7(13)5-4-12-6(10-5)2-1-3-9-12/h1-4H,8H2,(H,11,13). The lowest BCUT2D eigenvalue weighted by atomic mass is 10.5. The first-order valence-electron chi connectivity index (χ1n) is 3.62. The molecule has 0 saturated carbocycles. The summed E-state index contributed by atoms with van der Waals surface area (Å²) in [5.41, 5.74) is 2.86. The molecule has 0 saturated heterocycles. The average Bonchev–Trinajstić information content (AvgIpc) is 2.59. The number of nitrogens with two attached hydrogens (primary N) is 1. The Morgan fingerprint density at radius 3 is 3.15 bits per heavy atom. The van der Waals surface area contributed by atoms with Crippen LogP contribution in [0.5, 0.6) is 0 Å². The Morgan fingerprint density at radius 1 is 1.62 bits per heavy atom. The molecular formula is C7H7N5O. The minimum Gasteiger partial charge on any atom is -0.289 e. The Bertz CT molecular complexity index is 416. The van der Waals surface area contributed by atoms with Gasteiger partial charge in [0.15, 0.2) is 5.65 Å². The van der Waals surface area contributed by atoms with Gasteiger partial charge in [-0.1, -0.05) is 0 Å². The minimum absolute atomic E-state index is 0.251. The first-order valence-corrected chi connectivity index (χ1v) is 3.62. The van der Waals surface area contributed by atoms with Crippen molar-refractivity contribution in [2.75, 3.05) is 0 Å². The predicted octanol–water partition coefficient (Wildman–Crippen LogP) is -0.667. The zero-order valence-electron chi connectivity index (χ0n) is 6.64. The summed E-state index contributed by atoms with van der Waals surface area (Å²) in [5.74, 6) is 4.53. The summed E-state index contributed by atoms with van der Waals surface area (Å²) in [6.07, 6.45) is 3.12. The van der Waals surface area contributed by atoms with Crippen LogP contribution in [-0.4, -0.2) is 20.5 Å². The van der Waals surface area contributed by atoms with E-state index in [1.54, 1.807) is 18.3 Å². The molecule has 1 amide bonds. The van der Waals surface area contributed by atoms with Crippen molar-refractivity contribution in [3.05, 3.63) is 30.2 Å². The van der Waals surface area contributed by atoms with Crippen molar-refractivity contribution >= 4 is 11.6 Å². The van der Waals surface area contributed by atoms with Crippen LogP contribution in [0.3, 0.4) is 0 Å². The summed E-state index contributed by atoms with van der Waals surface area (Å²) in [6, 6.07) is 3.49. The Labute approximate surface area is 73.3 Å². The molecule has 66 valence electrons. The van der Waals surface area contributed by atoms with Crippen molar-refractivity contribution in [3.8, 4) is 0 Å². The number of amides is 1. The average molecular weight is 177 g/mol. The van der Waals surface area contributed by atoms with E-state index in [9.17, 15) is 4.79 Å². The second-order valence-corrected chi connectivity index (χ2v) is 2.43. The molecule has 13 heavy (non-hydrogen) atoms. The monoisotopic (exact) mass is 177 g/mol. The van der Waals surface area contributed by atoms with Gasteiger partial charge < -0.3 is 0 Å². The molecule has 0 atom stereocenters. The van der Waals surface area contributed by atoms with Gasteiger partial charge in [0, 0.05) is 6.20 Å². The molecule has 2 aromatic heterocycles. The van der Waals surface area contributed by atoms with Gasteiger partial charge in [-0.05, 0) is 12.1 Å². The van der Waals surface area contributed by atoms with E-state index in [0.717, 1.165) is 0 Å². The van der Waals surface area contributed by atoms with E-state index in [2.05, 4.69) is 10.1 Å². The highest BCUT2D eigenvalue weighted by molar-refractivity contribution is 5.92. The maximum atomic E-state index is 11.0. The molecule has 0 unspecified atom stereocenters. The predicted molar refractivity (Wildman–Crippen MR) is 44.6 cm³/mol. The number of nitrogens with one attached hydrogen (secondary N) is 1. The number of carbonyl (C=O) groups is 1. The number of aromatic nitrogens is 3. The quantitative estimate of drug-likeness (QED) is 0.344. The Hall–Kier alpha value is -1.95. The molecule has 0 bridgehead atoms. The van der Waals surface area contributed by atoms with E-state index < -0.39 is 5.91 Å².